The number of Topliss-reactive ketones (excluding diaryl/α,β-unsaturated/α-hetero) is 2. The van der Waals surface area contributed by atoms with Crippen molar-refractivity contribution in [3.8, 4) is 5.75 Å². The van der Waals surface area contributed by atoms with Crippen LogP contribution >= 0.6 is 0 Å². The fraction of sp³-hybridized carbons (Fsp3) is 0.308. The third-order valence-corrected chi connectivity index (χ3v) is 7.94. The van der Waals surface area contributed by atoms with E-state index in [9.17, 15) is 18.0 Å². The third kappa shape index (κ3) is 3.80. The van der Waals surface area contributed by atoms with Crippen molar-refractivity contribution >= 4 is 21.7 Å². The molecule has 6 nitrogen and oxygen atoms in total. The van der Waals surface area contributed by atoms with Crippen LogP contribution < -0.4 is 4.18 Å². The number of benzene rings is 2. The Labute approximate surface area is 193 Å². The van der Waals surface area contributed by atoms with Gasteiger partial charge in [-0.15, -0.1) is 0 Å². The smallest absolute Gasteiger partial charge is 0.339 e. The lowest BCUT2D eigenvalue weighted by Gasteiger charge is -2.42. The highest BCUT2D eigenvalue weighted by molar-refractivity contribution is 7.87. The van der Waals surface area contributed by atoms with Crippen molar-refractivity contribution in [2.75, 3.05) is 7.05 Å². The Balaban J connectivity index is 1.60. The van der Waals surface area contributed by atoms with Gasteiger partial charge in [-0.25, -0.2) is 0 Å². The first-order valence-electron chi connectivity index (χ1n) is 11.2. The minimum absolute atomic E-state index is 0.0567. The quantitative estimate of drug-likeness (QED) is 0.621. The zero-order chi connectivity index (χ0) is 23.2. The molecule has 0 aromatic heterocycles. The highest BCUT2D eigenvalue weighted by Crippen LogP contribution is 2.48. The Bertz CT molecular complexity index is 1260. The maximum Gasteiger partial charge on any atom is 0.339 e. The molecular weight excluding hydrogens is 438 g/mol. The van der Waals surface area contributed by atoms with Crippen LogP contribution in [0.25, 0.3) is 0 Å². The summed E-state index contributed by atoms with van der Waals surface area (Å²) in [6.07, 6.45) is 4.08. The standard InChI is InChI=1S/C26H25NO5S/c1-27-20-12-6-14-22(28)25(20)24(26-21(27)13-7-15-23(26)29)17-8-5-9-18(16-17)32-33(30,31)19-10-3-2-4-11-19/h2-5,8-11,16,24H,6-7,12-15H2,1H3. The van der Waals surface area contributed by atoms with Crippen LogP contribution in [0.5, 0.6) is 5.75 Å². The van der Waals surface area contributed by atoms with Crippen molar-refractivity contribution in [2.24, 2.45) is 0 Å². The van der Waals surface area contributed by atoms with E-state index in [2.05, 4.69) is 4.90 Å². The van der Waals surface area contributed by atoms with E-state index in [1.165, 1.54) is 12.1 Å². The SMILES string of the molecule is CN1C2=C(C(=O)CCC2)C(c2cccc(OS(=O)(=O)c3ccccc3)c2)C2=C1CCCC2=O. The largest absolute Gasteiger partial charge is 0.379 e. The second kappa shape index (κ2) is 8.30. The van der Waals surface area contributed by atoms with Crippen LogP contribution in [0, 0.1) is 0 Å². The van der Waals surface area contributed by atoms with Gasteiger partial charge in [0.25, 0.3) is 0 Å². The molecule has 0 unspecified atom stereocenters. The number of rotatable bonds is 4. The molecule has 0 bridgehead atoms. The topological polar surface area (TPSA) is 80.8 Å². The van der Waals surface area contributed by atoms with Crippen molar-refractivity contribution in [3.63, 3.8) is 0 Å². The van der Waals surface area contributed by atoms with Gasteiger partial charge >= 0.3 is 10.1 Å². The zero-order valence-electron chi connectivity index (χ0n) is 18.4. The first-order chi connectivity index (χ1) is 15.9. The molecule has 2 aromatic rings. The molecule has 1 heterocycles. The molecule has 0 amide bonds. The molecule has 170 valence electrons. The van der Waals surface area contributed by atoms with Crippen LogP contribution in [0.2, 0.25) is 0 Å². The molecule has 1 aliphatic heterocycles. The zero-order valence-corrected chi connectivity index (χ0v) is 19.2. The number of nitrogens with zero attached hydrogens (tertiary/aromatic N) is 1. The Morgan fingerprint density at radius 1 is 0.818 bits per heavy atom. The predicted octanol–water partition coefficient (Wildman–Crippen LogP) is 4.50. The summed E-state index contributed by atoms with van der Waals surface area (Å²) >= 11 is 0. The average Bonchev–Trinajstić information content (AvgIpc) is 2.81. The van der Waals surface area contributed by atoms with Gasteiger partial charge < -0.3 is 9.08 Å². The maximum absolute atomic E-state index is 13.1. The lowest BCUT2D eigenvalue weighted by atomic mass is 9.71. The molecule has 3 aliphatic rings. The van der Waals surface area contributed by atoms with E-state index in [4.69, 9.17) is 4.18 Å². The molecule has 7 heteroatoms. The number of hydrogen-bond acceptors (Lipinski definition) is 6. The maximum atomic E-state index is 13.1. The van der Waals surface area contributed by atoms with E-state index in [1.54, 1.807) is 36.4 Å². The number of hydrogen-bond donors (Lipinski definition) is 0. The summed E-state index contributed by atoms with van der Waals surface area (Å²) in [4.78, 5) is 28.3. The summed E-state index contributed by atoms with van der Waals surface area (Å²) in [5.41, 5.74) is 4.00. The number of carbonyl (C=O) groups excluding carboxylic acids is 2. The highest BCUT2D eigenvalue weighted by Gasteiger charge is 2.42. The normalized spacial score (nSPS) is 19.5. The molecule has 5 rings (SSSR count). The van der Waals surface area contributed by atoms with E-state index in [0.717, 1.165) is 37.1 Å². The summed E-state index contributed by atoms with van der Waals surface area (Å²) in [5.74, 6) is -0.219. The van der Waals surface area contributed by atoms with Gasteiger partial charge in [0.2, 0.25) is 0 Å². The lowest BCUT2D eigenvalue weighted by Crippen LogP contribution is -2.37. The van der Waals surface area contributed by atoms with Crippen LogP contribution in [0.4, 0.5) is 0 Å². The molecule has 0 saturated carbocycles. The van der Waals surface area contributed by atoms with Crippen molar-refractivity contribution in [1.82, 2.24) is 4.90 Å². The van der Waals surface area contributed by atoms with E-state index < -0.39 is 16.0 Å². The Hall–Kier alpha value is -3.19. The molecule has 0 saturated heterocycles. The molecule has 0 fully saturated rings. The summed E-state index contributed by atoms with van der Waals surface area (Å²) in [6, 6.07) is 14.7. The van der Waals surface area contributed by atoms with Crippen molar-refractivity contribution in [1.29, 1.82) is 0 Å². The van der Waals surface area contributed by atoms with Crippen LogP contribution in [0.1, 0.15) is 50.0 Å². The first kappa shape index (κ1) is 21.6. The highest BCUT2D eigenvalue weighted by atomic mass is 32.2. The van der Waals surface area contributed by atoms with E-state index in [-0.39, 0.29) is 22.2 Å². The molecule has 0 atom stereocenters. The fourth-order valence-corrected chi connectivity index (χ4v) is 6.14. The summed E-state index contributed by atoms with van der Waals surface area (Å²) in [6.45, 7) is 0. The van der Waals surface area contributed by atoms with Gasteiger partial charge in [-0.2, -0.15) is 8.42 Å². The van der Waals surface area contributed by atoms with Gasteiger partial charge in [0, 0.05) is 48.3 Å². The second-order valence-corrected chi connectivity index (χ2v) is 10.2. The van der Waals surface area contributed by atoms with E-state index >= 15 is 0 Å². The molecule has 0 N–H and O–H groups in total. The predicted molar refractivity (Wildman–Crippen MR) is 123 cm³/mol. The van der Waals surface area contributed by atoms with Crippen LogP contribution in [-0.4, -0.2) is 31.9 Å². The van der Waals surface area contributed by atoms with Crippen molar-refractivity contribution < 1.29 is 22.2 Å². The minimum atomic E-state index is -4.00. The first-order valence-corrected chi connectivity index (χ1v) is 12.6. The van der Waals surface area contributed by atoms with Crippen molar-refractivity contribution in [3.05, 3.63) is 82.7 Å². The minimum Gasteiger partial charge on any atom is -0.379 e. The third-order valence-electron chi connectivity index (χ3n) is 6.67. The molecule has 2 aromatic carbocycles. The van der Waals surface area contributed by atoms with Gasteiger partial charge in [0.1, 0.15) is 10.6 Å². The molecular formula is C26H25NO5S. The Kier molecular flexibility index (Phi) is 5.44. The Morgan fingerprint density at radius 2 is 1.42 bits per heavy atom. The summed E-state index contributed by atoms with van der Waals surface area (Å²) in [7, 11) is -2.06. The van der Waals surface area contributed by atoms with Gasteiger partial charge in [0.05, 0.1) is 0 Å². The Morgan fingerprint density at radius 3 is 2.03 bits per heavy atom. The molecule has 33 heavy (non-hydrogen) atoms. The van der Waals surface area contributed by atoms with E-state index in [1.807, 2.05) is 13.1 Å². The second-order valence-electron chi connectivity index (χ2n) is 8.69. The van der Waals surface area contributed by atoms with E-state index in [0.29, 0.717) is 29.6 Å². The lowest BCUT2D eigenvalue weighted by molar-refractivity contribution is -0.117. The van der Waals surface area contributed by atoms with Crippen LogP contribution in [0.3, 0.4) is 0 Å². The molecule has 0 spiro atoms. The number of allylic oxidation sites excluding steroid dienone is 4. The van der Waals surface area contributed by atoms with Gasteiger partial charge in [0.15, 0.2) is 11.6 Å². The number of carbonyl (C=O) groups is 2. The summed E-state index contributed by atoms with van der Waals surface area (Å²) in [5, 5.41) is 0. The summed E-state index contributed by atoms with van der Waals surface area (Å²) < 4.78 is 30.9. The molecule has 2 aliphatic carbocycles. The number of ketones is 2. The molecule has 0 radical (unpaired) electrons. The van der Waals surface area contributed by atoms with Gasteiger partial charge in [-0.05, 0) is 55.5 Å². The van der Waals surface area contributed by atoms with Crippen LogP contribution in [0.15, 0.2) is 82.0 Å². The monoisotopic (exact) mass is 463 g/mol. The van der Waals surface area contributed by atoms with Gasteiger partial charge in [-0.3, -0.25) is 9.59 Å². The fourth-order valence-electron chi connectivity index (χ4n) is 5.19. The van der Waals surface area contributed by atoms with Gasteiger partial charge in [-0.1, -0.05) is 30.3 Å². The van der Waals surface area contributed by atoms with Crippen molar-refractivity contribution in [2.45, 2.75) is 49.3 Å². The van der Waals surface area contributed by atoms with Crippen LogP contribution in [-0.2, 0) is 19.7 Å². The average molecular weight is 464 g/mol.